The molecule has 1 heterocycles. The first-order chi connectivity index (χ1) is 8.74. The molecule has 0 saturated carbocycles. The van der Waals surface area contributed by atoms with Gasteiger partial charge in [0.15, 0.2) is 5.13 Å². The van der Waals surface area contributed by atoms with Crippen LogP contribution >= 0.6 is 22.9 Å². The summed E-state index contributed by atoms with van der Waals surface area (Å²) in [5.74, 6) is -0.0693. The topological polar surface area (TPSA) is 54.0 Å². The molecule has 18 heavy (non-hydrogen) atoms. The van der Waals surface area contributed by atoms with Gasteiger partial charge in [-0.25, -0.2) is 4.98 Å². The van der Waals surface area contributed by atoms with Crippen LogP contribution in [0.5, 0.6) is 0 Å². The van der Waals surface area contributed by atoms with E-state index in [0.29, 0.717) is 11.6 Å². The van der Waals surface area contributed by atoms with Gasteiger partial charge in [-0.2, -0.15) is 0 Å². The van der Waals surface area contributed by atoms with Gasteiger partial charge in [-0.1, -0.05) is 23.7 Å². The van der Waals surface area contributed by atoms with E-state index < -0.39 is 0 Å². The largest absolute Gasteiger partial charge is 0.352 e. The molecule has 4 nitrogen and oxygen atoms in total. The Balaban J connectivity index is 1.73. The second kappa shape index (κ2) is 6.37. The van der Waals surface area contributed by atoms with Gasteiger partial charge in [-0.05, 0) is 17.7 Å². The zero-order valence-corrected chi connectivity index (χ0v) is 11.1. The standard InChI is InChI=1S/C12H12ClN3OS/c13-10-3-1-9(2-4-10)7-15-11(17)8-16-12-14-5-6-18-12/h1-6H,7-8H2,(H,14,16)(H,15,17). The van der Waals surface area contributed by atoms with Crippen LogP contribution in [0.2, 0.25) is 5.02 Å². The summed E-state index contributed by atoms with van der Waals surface area (Å²) in [5.41, 5.74) is 1.02. The van der Waals surface area contributed by atoms with E-state index in [9.17, 15) is 4.79 Å². The van der Waals surface area contributed by atoms with E-state index >= 15 is 0 Å². The van der Waals surface area contributed by atoms with Gasteiger partial charge in [0.25, 0.3) is 0 Å². The normalized spacial score (nSPS) is 10.1. The highest BCUT2D eigenvalue weighted by Crippen LogP contribution is 2.10. The first-order valence-electron chi connectivity index (χ1n) is 5.38. The molecule has 2 rings (SSSR count). The molecule has 2 N–H and O–H groups in total. The average molecular weight is 282 g/mol. The number of aromatic nitrogens is 1. The van der Waals surface area contributed by atoms with Gasteiger partial charge in [-0.3, -0.25) is 4.79 Å². The van der Waals surface area contributed by atoms with Crippen LogP contribution in [0.25, 0.3) is 0 Å². The number of rotatable bonds is 5. The van der Waals surface area contributed by atoms with Gasteiger partial charge < -0.3 is 10.6 Å². The zero-order valence-electron chi connectivity index (χ0n) is 9.52. The Bertz CT molecular complexity index is 499. The summed E-state index contributed by atoms with van der Waals surface area (Å²) in [5, 5.41) is 9.05. The van der Waals surface area contributed by atoms with E-state index in [1.807, 2.05) is 17.5 Å². The van der Waals surface area contributed by atoms with Crippen molar-refractivity contribution in [3.63, 3.8) is 0 Å². The number of hydrogen-bond donors (Lipinski definition) is 2. The quantitative estimate of drug-likeness (QED) is 0.885. The lowest BCUT2D eigenvalue weighted by Gasteiger charge is -2.06. The monoisotopic (exact) mass is 281 g/mol. The van der Waals surface area contributed by atoms with E-state index in [-0.39, 0.29) is 12.5 Å². The molecule has 1 aromatic heterocycles. The molecular weight excluding hydrogens is 270 g/mol. The molecule has 94 valence electrons. The zero-order chi connectivity index (χ0) is 12.8. The van der Waals surface area contributed by atoms with Crippen LogP contribution in [-0.4, -0.2) is 17.4 Å². The number of carbonyl (C=O) groups excluding carboxylic acids is 1. The SMILES string of the molecule is O=C(CNc1nccs1)NCc1ccc(Cl)cc1. The van der Waals surface area contributed by atoms with E-state index in [0.717, 1.165) is 10.7 Å². The maximum Gasteiger partial charge on any atom is 0.239 e. The Kier molecular flexibility index (Phi) is 4.55. The number of halogens is 1. The third-order valence-corrected chi connectivity index (χ3v) is 3.22. The van der Waals surface area contributed by atoms with Crippen LogP contribution in [0.4, 0.5) is 5.13 Å². The Hall–Kier alpha value is -1.59. The van der Waals surface area contributed by atoms with Crippen molar-refractivity contribution in [2.24, 2.45) is 0 Å². The van der Waals surface area contributed by atoms with Crippen molar-refractivity contribution in [3.05, 3.63) is 46.4 Å². The smallest absolute Gasteiger partial charge is 0.239 e. The minimum atomic E-state index is -0.0693. The number of thiazole rings is 1. The molecule has 0 radical (unpaired) electrons. The van der Waals surface area contributed by atoms with Crippen molar-refractivity contribution in [3.8, 4) is 0 Å². The van der Waals surface area contributed by atoms with Crippen molar-refractivity contribution in [2.45, 2.75) is 6.54 Å². The van der Waals surface area contributed by atoms with Crippen molar-refractivity contribution >= 4 is 34.0 Å². The molecule has 0 aliphatic carbocycles. The number of nitrogens with zero attached hydrogens (tertiary/aromatic N) is 1. The van der Waals surface area contributed by atoms with Gasteiger partial charge in [0.05, 0.1) is 6.54 Å². The highest BCUT2D eigenvalue weighted by molar-refractivity contribution is 7.13. The minimum absolute atomic E-state index is 0.0693. The summed E-state index contributed by atoms with van der Waals surface area (Å²) in [6, 6.07) is 7.38. The van der Waals surface area contributed by atoms with Gasteiger partial charge in [0.1, 0.15) is 0 Å². The predicted molar refractivity (Wildman–Crippen MR) is 73.9 cm³/mol. The number of carbonyl (C=O) groups is 1. The molecular formula is C12H12ClN3OS. The fraction of sp³-hybridized carbons (Fsp3) is 0.167. The number of anilines is 1. The summed E-state index contributed by atoms with van der Waals surface area (Å²) in [6.45, 7) is 0.719. The second-order valence-corrected chi connectivity index (χ2v) is 4.93. The molecule has 0 bridgehead atoms. The van der Waals surface area contributed by atoms with Crippen LogP contribution in [0.15, 0.2) is 35.8 Å². The van der Waals surface area contributed by atoms with Crippen LogP contribution < -0.4 is 10.6 Å². The first-order valence-corrected chi connectivity index (χ1v) is 6.64. The molecule has 2 aromatic rings. The molecule has 0 saturated heterocycles. The maximum absolute atomic E-state index is 11.6. The molecule has 0 fully saturated rings. The fourth-order valence-corrected chi connectivity index (χ4v) is 1.99. The molecule has 0 unspecified atom stereocenters. The van der Waals surface area contributed by atoms with Crippen molar-refractivity contribution in [1.82, 2.24) is 10.3 Å². The highest BCUT2D eigenvalue weighted by Gasteiger charge is 2.02. The van der Waals surface area contributed by atoms with E-state index in [2.05, 4.69) is 15.6 Å². The molecule has 0 aliphatic heterocycles. The highest BCUT2D eigenvalue weighted by atomic mass is 35.5. The van der Waals surface area contributed by atoms with Crippen LogP contribution in [-0.2, 0) is 11.3 Å². The Morgan fingerprint density at radius 3 is 2.78 bits per heavy atom. The lowest BCUT2D eigenvalue weighted by Crippen LogP contribution is -2.29. The van der Waals surface area contributed by atoms with Crippen LogP contribution in [0.1, 0.15) is 5.56 Å². The van der Waals surface area contributed by atoms with Gasteiger partial charge in [0, 0.05) is 23.1 Å². The lowest BCUT2D eigenvalue weighted by molar-refractivity contribution is -0.119. The molecule has 1 amide bonds. The minimum Gasteiger partial charge on any atom is -0.352 e. The predicted octanol–water partition coefficient (Wildman–Crippen LogP) is 2.52. The van der Waals surface area contributed by atoms with Gasteiger partial charge >= 0.3 is 0 Å². The Morgan fingerprint density at radius 2 is 2.11 bits per heavy atom. The second-order valence-electron chi connectivity index (χ2n) is 3.59. The Labute approximate surface area is 114 Å². The third kappa shape index (κ3) is 4.01. The average Bonchev–Trinajstić information content (AvgIpc) is 2.89. The number of nitrogens with one attached hydrogen (secondary N) is 2. The summed E-state index contributed by atoms with van der Waals surface area (Å²) in [6.07, 6.45) is 1.69. The fourth-order valence-electron chi connectivity index (χ4n) is 1.33. The van der Waals surface area contributed by atoms with Crippen LogP contribution in [0, 0.1) is 0 Å². The van der Waals surface area contributed by atoms with Gasteiger partial charge in [-0.15, -0.1) is 11.3 Å². The maximum atomic E-state index is 11.6. The molecule has 0 aliphatic rings. The first kappa shape index (κ1) is 12.9. The van der Waals surface area contributed by atoms with Crippen molar-refractivity contribution in [2.75, 3.05) is 11.9 Å². The molecule has 1 aromatic carbocycles. The summed E-state index contributed by atoms with van der Waals surface area (Å²) in [4.78, 5) is 15.6. The van der Waals surface area contributed by atoms with Gasteiger partial charge in [0.2, 0.25) is 5.91 Å². The number of benzene rings is 1. The van der Waals surface area contributed by atoms with E-state index in [1.165, 1.54) is 11.3 Å². The number of hydrogen-bond acceptors (Lipinski definition) is 4. The van der Waals surface area contributed by atoms with Crippen molar-refractivity contribution in [1.29, 1.82) is 0 Å². The van der Waals surface area contributed by atoms with Crippen LogP contribution in [0.3, 0.4) is 0 Å². The van der Waals surface area contributed by atoms with E-state index in [1.54, 1.807) is 18.3 Å². The third-order valence-electron chi connectivity index (χ3n) is 2.24. The summed E-state index contributed by atoms with van der Waals surface area (Å²) in [7, 11) is 0. The van der Waals surface area contributed by atoms with E-state index in [4.69, 9.17) is 11.6 Å². The molecule has 6 heteroatoms. The summed E-state index contributed by atoms with van der Waals surface area (Å²) < 4.78 is 0. The molecule has 0 atom stereocenters. The molecule has 0 spiro atoms. The number of amides is 1. The lowest BCUT2D eigenvalue weighted by atomic mass is 10.2. The Morgan fingerprint density at radius 1 is 1.33 bits per heavy atom. The summed E-state index contributed by atoms with van der Waals surface area (Å²) >= 11 is 7.24. The van der Waals surface area contributed by atoms with Crippen molar-refractivity contribution < 1.29 is 4.79 Å².